The van der Waals surface area contributed by atoms with Crippen LogP contribution in [0.4, 0.5) is 0 Å². The summed E-state index contributed by atoms with van der Waals surface area (Å²) in [6.07, 6.45) is 3.99. The zero-order chi connectivity index (χ0) is 15.3. The number of hydrogen-bond acceptors (Lipinski definition) is 5. The molecule has 1 unspecified atom stereocenters. The molecule has 0 aromatic carbocycles. The number of rotatable bonds is 2. The summed E-state index contributed by atoms with van der Waals surface area (Å²) < 4.78 is 22.6. The van der Waals surface area contributed by atoms with Gasteiger partial charge in [-0.25, -0.2) is 9.69 Å². The van der Waals surface area contributed by atoms with E-state index in [1.54, 1.807) is 5.48 Å². The standard InChI is InChI=1S/C7H15N.C3H8.C2H5NO4S/c1-7(2)4-3-5-8-6-7;1-3-2;1-2(4)3-7-8(5)6/h8H,3-6H2,1-2H3;3H2,1-2H3;1H3,(H,3,4)(H,5,6)/p-1. The van der Waals surface area contributed by atoms with E-state index in [4.69, 9.17) is 0 Å². The monoisotopic (exact) mass is 295 g/mol. The summed E-state index contributed by atoms with van der Waals surface area (Å²) >= 11 is -2.67. The molecule has 0 bridgehead atoms. The average Bonchev–Trinajstić information content (AvgIpc) is 2.28. The number of carbonyl (C=O) groups is 1. The maximum atomic E-state index is 9.84. The Hall–Kier alpha value is -0.500. The van der Waals surface area contributed by atoms with Crippen LogP contribution in [0.1, 0.15) is 53.9 Å². The van der Waals surface area contributed by atoms with Crippen LogP contribution in [-0.4, -0.2) is 27.8 Å². The van der Waals surface area contributed by atoms with Crippen molar-refractivity contribution in [3.8, 4) is 0 Å². The summed E-state index contributed by atoms with van der Waals surface area (Å²) in [5.41, 5.74) is 2.16. The maximum absolute atomic E-state index is 9.84. The highest BCUT2D eigenvalue weighted by molar-refractivity contribution is 7.74. The summed E-state index contributed by atoms with van der Waals surface area (Å²) in [5.74, 6) is -0.561. The van der Waals surface area contributed by atoms with E-state index in [1.807, 2.05) is 0 Å². The largest absolute Gasteiger partial charge is 0.748 e. The fourth-order valence-electron chi connectivity index (χ4n) is 1.30. The van der Waals surface area contributed by atoms with Gasteiger partial charge in [0.2, 0.25) is 5.91 Å². The third kappa shape index (κ3) is 20.0. The third-order valence-electron chi connectivity index (χ3n) is 2.06. The Morgan fingerprint density at radius 1 is 1.47 bits per heavy atom. The number of nitrogens with one attached hydrogen (secondary N) is 2. The first-order chi connectivity index (χ1) is 8.75. The van der Waals surface area contributed by atoms with Gasteiger partial charge in [0.15, 0.2) is 0 Å². The molecule has 1 heterocycles. The molecule has 0 aromatic heterocycles. The minimum atomic E-state index is -2.67. The van der Waals surface area contributed by atoms with Gasteiger partial charge in [-0.2, -0.15) is 4.28 Å². The van der Waals surface area contributed by atoms with Gasteiger partial charge in [0.1, 0.15) is 11.4 Å². The topological polar surface area (TPSA) is 90.5 Å². The molecule has 1 rings (SSSR count). The van der Waals surface area contributed by atoms with Crippen LogP contribution in [0.2, 0.25) is 0 Å². The first kappa shape index (κ1) is 20.8. The van der Waals surface area contributed by atoms with E-state index < -0.39 is 17.3 Å². The van der Waals surface area contributed by atoms with Crippen LogP contribution < -0.4 is 10.8 Å². The Bertz CT molecular complexity index is 238. The van der Waals surface area contributed by atoms with E-state index in [2.05, 4.69) is 37.3 Å². The van der Waals surface area contributed by atoms with E-state index in [0.717, 1.165) is 6.92 Å². The van der Waals surface area contributed by atoms with Crippen molar-refractivity contribution in [2.75, 3.05) is 13.1 Å². The second-order valence-corrected chi connectivity index (χ2v) is 5.67. The molecule has 19 heavy (non-hydrogen) atoms. The van der Waals surface area contributed by atoms with Crippen LogP contribution >= 0.6 is 0 Å². The molecule has 0 saturated carbocycles. The maximum Gasteiger partial charge on any atom is 0.241 e. The molecule has 1 aliphatic rings. The first-order valence-corrected chi connectivity index (χ1v) is 7.49. The summed E-state index contributed by atoms with van der Waals surface area (Å²) in [6, 6.07) is 0. The number of piperidine rings is 1. The van der Waals surface area contributed by atoms with Gasteiger partial charge in [-0.05, 0) is 24.8 Å². The smallest absolute Gasteiger partial charge is 0.241 e. The minimum absolute atomic E-state index is 0.561. The van der Waals surface area contributed by atoms with E-state index in [1.165, 1.54) is 32.4 Å². The van der Waals surface area contributed by atoms with Gasteiger partial charge < -0.3 is 9.87 Å². The van der Waals surface area contributed by atoms with E-state index in [0.29, 0.717) is 5.41 Å². The molecular formula is C12H27N2O4S-. The molecule has 1 atom stereocenters. The molecule has 2 N–H and O–H groups in total. The van der Waals surface area contributed by atoms with Gasteiger partial charge in [0.05, 0.1) is 0 Å². The van der Waals surface area contributed by atoms with E-state index >= 15 is 0 Å². The highest BCUT2D eigenvalue weighted by Crippen LogP contribution is 2.23. The lowest BCUT2D eigenvalue weighted by molar-refractivity contribution is -0.125. The lowest BCUT2D eigenvalue weighted by atomic mass is 9.85. The van der Waals surface area contributed by atoms with Crippen LogP contribution in [0, 0.1) is 5.41 Å². The van der Waals surface area contributed by atoms with E-state index in [9.17, 15) is 13.6 Å². The van der Waals surface area contributed by atoms with Gasteiger partial charge in [-0.1, -0.05) is 34.1 Å². The number of amides is 1. The molecular weight excluding hydrogens is 268 g/mol. The van der Waals surface area contributed by atoms with Crippen molar-refractivity contribution in [1.82, 2.24) is 10.8 Å². The lowest BCUT2D eigenvalue weighted by Gasteiger charge is -2.29. The summed E-state index contributed by atoms with van der Waals surface area (Å²) in [4.78, 5) is 9.84. The molecule has 0 aromatic rings. The van der Waals surface area contributed by atoms with E-state index in [-0.39, 0.29) is 0 Å². The van der Waals surface area contributed by atoms with Crippen molar-refractivity contribution in [2.45, 2.75) is 53.9 Å². The van der Waals surface area contributed by atoms with Crippen molar-refractivity contribution in [2.24, 2.45) is 5.41 Å². The Kier molecular flexibility index (Phi) is 13.7. The Balaban J connectivity index is 0. The molecule has 6 nitrogen and oxygen atoms in total. The van der Waals surface area contributed by atoms with Crippen LogP contribution in [0.3, 0.4) is 0 Å². The van der Waals surface area contributed by atoms with Crippen LogP contribution in [0.5, 0.6) is 0 Å². The first-order valence-electron chi connectivity index (χ1n) is 6.49. The fourth-order valence-corrected chi connectivity index (χ4v) is 1.49. The molecule has 0 spiro atoms. The van der Waals surface area contributed by atoms with Gasteiger partial charge in [-0.15, -0.1) is 0 Å². The van der Waals surface area contributed by atoms with Gasteiger partial charge >= 0.3 is 0 Å². The van der Waals surface area contributed by atoms with Gasteiger partial charge in [0, 0.05) is 13.5 Å². The molecule has 1 amide bonds. The van der Waals surface area contributed by atoms with Crippen LogP contribution in [0.25, 0.3) is 0 Å². The number of carbonyl (C=O) groups excluding carboxylic acids is 1. The quantitative estimate of drug-likeness (QED) is 0.597. The molecule has 0 aliphatic carbocycles. The normalized spacial score (nSPS) is 18.0. The van der Waals surface area contributed by atoms with Gasteiger partial charge in [0.25, 0.3) is 0 Å². The highest BCUT2D eigenvalue weighted by atomic mass is 32.2. The second-order valence-electron chi connectivity index (χ2n) is 5.10. The molecule has 0 radical (unpaired) electrons. The number of hydroxylamine groups is 1. The molecule has 116 valence electrons. The second kappa shape index (κ2) is 12.5. The average molecular weight is 295 g/mol. The predicted octanol–water partition coefficient (Wildman–Crippen LogP) is 1.66. The highest BCUT2D eigenvalue weighted by Gasteiger charge is 2.19. The molecule has 7 heteroatoms. The molecule has 1 saturated heterocycles. The molecule has 1 aliphatic heterocycles. The summed E-state index contributed by atoms with van der Waals surface area (Å²) in [5, 5.41) is 3.38. The Morgan fingerprint density at radius 2 is 2.00 bits per heavy atom. The Morgan fingerprint density at radius 3 is 2.16 bits per heavy atom. The van der Waals surface area contributed by atoms with Crippen molar-refractivity contribution in [3.05, 3.63) is 0 Å². The molecule has 1 fully saturated rings. The number of hydrogen-bond donors (Lipinski definition) is 2. The Labute approximate surface area is 119 Å². The van der Waals surface area contributed by atoms with Crippen molar-refractivity contribution < 1.29 is 17.8 Å². The van der Waals surface area contributed by atoms with Gasteiger partial charge in [-0.3, -0.25) is 4.79 Å². The fraction of sp³-hybridized carbons (Fsp3) is 0.917. The summed E-state index contributed by atoms with van der Waals surface area (Å²) in [6.45, 7) is 12.4. The van der Waals surface area contributed by atoms with Crippen molar-refractivity contribution in [3.63, 3.8) is 0 Å². The zero-order valence-corrected chi connectivity index (χ0v) is 13.4. The van der Waals surface area contributed by atoms with Crippen molar-refractivity contribution >= 4 is 17.3 Å². The van der Waals surface area contributed by atoms with Crippen LogP contribution in [0.15, 0.2) is 0 Å². The van der Waals surface area contributed by atoms with Crippen LogP contribution in [-0.2, 0) is 20.4 Å². The zero-order valence-electron chi connectivity index (χ0n) is 12.6. The lowest BCUT2D eigenvalue weighted by Crippen LogP contribution is -2.35. The predicted molar refractivity (Wildman–Crippen MR) is 75.7 cm³/mol. The SMILES string of the molecule is CC(=O)NOS(=O)[O-].CC1(C)CCCNC1.CCC. The minimum Gasteiger partial charge on any atom is -0.748 e. The van der Waals surface area contributed by atoms with Crippen molar-refractivity contribution in [1.29, 1.82) is 0 Å². The summed E-state index contributed by atoms with van der Waals surface area (Å²) in [7, 11) is 0. The third-order valence-corrected chi connectivity index (χ3v) is 2.28.